The summed E-state index contributed by atoms with van der Waals surface area (Å²) in [6.45, 7) is 1.37. The molecule has 1 aromatic rings. The smallest absolute Gasteiger partial charge is 0.387 e. The topological polar surface area (TPSA) is 61.4 Å². The van der Waals surface area contributed by atoms with Gasteiger partial charge in [0.15, 0.2) is 0 Å². The van der Waals surface area contributed by atoms with Crippen LogP contribution in [-0.2, 0) is 6.18 Å². The molecule has 1 aromatic carbocycles. The van der Waals surface area contributed by atoms with E-state index in [-0.39, 0.29) is 6.54 Å². The summed E-state index contributed by atoms with van der Waals surface area (Å²) < 4.78 is 51.1. The molecule has 0 aliphatic carbocycles. The second-order valence-electron chi connectivity index (χ2n) is 4.93. The van der Waals surface area contributed by atoms with E-state index in [4.69, 9.17) is 0 Å². The van der Waals surface area contributed by atoms with Gasteiger partial charge in [-0.05, 0) is 31.4 Å². The number of rotatable bonds is 5. The predicted octanol–water partition coefficient (Wildman–Crippen LogP) is 3.08. The molecule has 2 amide bonds. The lowest BCUT2D eigenvalue weighted by Gasteiger charge is -2.22. The van der Waals surface area contributed by atoms with Crippen LogP contribution in [0.5, 0.6) is 0 Å². The van der Waals surface area contributed by atoms with E-state index in [1.807, 2.05) is 5.32 Å². The van der Waals surface area contributed by atoms with Gasteiger partial charge in [-0.3, -0.25) is 0 Å². The molecule has 1 rings (SSSR count). The van der Waals surface area contributed by atoms with Crippen LogP contribution in [-0.4, -0.2) is 35.3 Å². The van der Waals surface area contributed by atoms with Crippen LogP contribution in [0.3, 0.4) is 0 Å². The Morgan fingerprint density at radius 3 is 2.55 bits per heavy atom. The molecule has 0 fully saturated rings. The summed E-state index contributed by atoms with van der Waals surface area (Å²) in [6.07, 6.45) is -2.87. The van der Waals surface area contributed by atoms with Gasteiger partial charge in [0.2, 0.25) is 0 Å². The molecule has 3 N–H and O–H groups in total. The number of urea groups is 1. The average molecular weight is 340 g/mol. The fraction of sp³-hybridized carbons (Fsp3) is 0.462. The maximum Gasteiger partial charge on any atom is 0.416 e. The number of hydrogen-bond donors (Lipinski definition) is 3. The Kier molecular flexibility index (Phi) is 6.07. The molecular formula is C13H16F4N2O2S. The van der Waals surface area contributed by atoms with E-state index in [1.54, 1.807) is 6.26 Å². The quantitative estimate of drug-likeness (QED) is 0.722. The van der Waals surface area contributed by atoms with Gasteiger partial charge in [-0.15, -0.1) is 0 Å². The van der Waals surface area contributed by atoms with Crippen molar-refractivity contribution in [3.63, 3.8) is 0 Å². The van der Waals surface area contributed by atoms with Crippen LogP contribution in [0.4, 0.5) is 28.0 Å². The number of hydrogen-bond acceptors (Lipinski definition) is 3. The van der Waals surface area contributed by atoms with E-state index in [0.29, 0.717) is 24.0 Å². The summed E-state index contributed by atoms with van der Waals surface area (Å²) in [4.78, 5) is 11.6. The van der Waals surface area contributed by atoms with E-state index in [1.165, 1.54) is 18.7 Å². The Morgan fingerprint density at radius 2 is 2.00 bits per heavy atom. The molecule has 0 aliphatic heterocycles. The van der Waals surface area contributed by atoms with Crippen molar-refractivity contribution in [2.24, 2.45) is 0 Å². The average Bonchev–Trinajstić information content (AvgIpc) is 2.38. The molecule has 0 aliphatic rings. The number of amides is 2. The number of anilines is 1. The Morgan fingerprint density at radius 1 is 1.36 bits per heavy atom. The van der Waals surface area contributed by atoms with E-state index < -0.39 is 34.9 Å². The minimum Gasteiger partial charge on any atom is -0.387 e. The van der Waals surface area contributed by atoms with Crippen LogP contribution in [0, 0.1) is 5.82 Å². The molecule has 124 valence electrons. The molecule has 0 heterocycles. The molecule has 1 unspecified atom stereocenters. The first kappa shape index (κ1) is 18.6. The number of thioether (sulfide) groups is 1. The number of carbonyl (C=O) groups is 1. The summed E-state index contributed by atoms with van der Waals surface area (Å²) in [5.74, 6) is -0.635. The molecular weight excluding hydrogens is 324 g/mol. The van der Waals surface area contributed by atoms with Crippen LogP contribution in [0.2, 0.25) is 0 Å². The highest BCUT2D eigenvalue weighted by molar-refractivity contribution is 7.98. The normalized spacial score (nSPS) is 14.3. The van der Waals surface area contributed by atoms with E-state index in [2.05, 4.69) is 5.32 Å². The van der Waals surface area contributed by atoms with Crippen molar-refractivity contribution in [2.75, 3.05) is 23.9 Å². The zero-order valence-corrected chi connectivity index (χ0v) is 12.7. The van der Waals surface area contributed by atoms with Gasteiger partial charge in [0.1, 0.15) is 5.82 Å². The third kappa shape index (κ3) is 5.72. The fourth-order valence-corrected chi connectivity index (χ4v) is 2.32. The van der Waals surface area contributed by atoms with Crippen molar-refractivity contribution in [1.82, 2.24) is 5.32 Å². The number of nitrogens with one attached hydrogen (secondary N) is 2. The van der Waals surface area contributed by atoms with Crippen LogP contribution in [0.15, 0.2) is 18.2 Å². The first-order valence-electron chi connectivity index (χ1n) is 6.18. The Hall–Kier alpha value is -1.48. The third-order valence-electron chi connectivity index (χ3n) is 2.63. The first-order valence-corrected chi connectivity index (χ1v) is 7.57. The van der Waals surface area contributed by atoms with Crippen molar-refractivity contribution in [3.05, 3.63) is 29.6 Å². The number of aliphatic hydroxyl groups is 1. The molecule has 22 heavy (non-hydrogen) atoms. The molecule has 0 aromatic heterocycles. The molecule has 1 atom stereocenters. The zero-order chi connectivity index (χ0) is 17.0. The minimum atomic E-state index is -4.64. The van der Waals surface area contributed by atoms with Crippen LogP contribution < -0.4 is 10.6 Å². The highest BCUT2D eigenvalue weighted by atomic mass is 32.2. The maximum atomic E-state index is 13.5. The minimum absolute atomic E-state index is 0.125. The molecule has 0 bridgehead atoms. The number of benzene rings is 1. The van der Waals surface area contributed by atoms with Gasteiger partial charge in [0.25, 0.3) is 0 Å². The van der Waals surface area contributed by atoms with E-state index >= 15 is 0 Å². The Balaban J connectivity index is 2.72. The molecule has 0 saturated carbocycles. The van der Waals surface area contributed by atoms with Crippen LogP contribution in [0.25, 0.3) is 0 Å². The van der Waals surface area contributed by atoms with Crippen LogP contribution >= 0.6 is 11.8 Å². The van der Waals surface area contributed by atoms with Crippen molar-refractivity contribution < 1.29 is 27.5 Å². The van der Waals surface area contributed by atoms with Crippen molar-refractivity contribution in [3.8, 4) is 0 Å². The molecule has 4 nitrogen and oxygen atoms in total. The first-order chi connectivity index (χ1) is 10.0. The van der Waals surface area contributed by atoms with Gasteiger partial charge in [-0.25, -0.2) is 9.18 Å². The van der Waals surface area contributed by atoms with Crippen LogP contribution in [0.1, 0.15) is 12.5 Å². The van der Waals surface area contributed by atoms with Crippen molar-refractivity contribution >= 4 is 23.5 Å². The van der Waals surface area contributed by atoms with Gasteiger partial charge < -0.3 is 15.7 Å². The van der Waals surface area contributed by atoms with Gasteiger partial charge in [0.05, 0.1) is 16.9 Å². The van der Waals surface area contributed by atoms with Crippen molar-refractivity contribution in [1.29, 1.82) is 0 Å². The molecule has 0 radical (unpaired) electrons. The summed E-state index contributed by atoms with van der Waals surface area (Å²) in [5, 5.41) is 14.1. The lowest BCUT2D eigenvalue weighted by molar-refractivity contribution is -0.137. The summed E-state index contributed by atoms with van der Waals surface area (Å²) in [6, 6.07) is 0.818. The SMILES string of the molecule is CSCC(C)(O)CNC(=O)Nc1cc(C(F)(F)F)ccc1F. The van der Waals surface area contributed by atoms with Crippen molar-refractivity contribution in [2.45, 2.75) is 18.7 Å². The Bertz CT molecular complexity index is 535. The fourth-order valence-electron chi connectivity index (χ4n) is 1.60. The second kappa shape index (κ2) is 7.19. The molecule has 0 saturated heterocycles. The maximum absolute atomic E-state index is 13.5. The monoisotopic (exact) mass is 340 g/mol. The highest BCUT2D eigenvalue weighted by Gasteiger charge is 2.31. The summed E-state index contributed by atoms with van der Waals surface area (Å²) >= 11 is 1.36. The second-order valence-corrected chi connectivity index (χ2v) is 5.80. The highest BCUT2D eigenvalue weighted by Crippen LogP contribution is 2.31. The molecule has 0 spiro atoms. The van der Waals surface area contributed by atoms with Gasteiger partial charge >= 0.3 is 12.2 Å². The predicted molar refractivity (Wildman–Crippen MR) is 77.4 cm³/mol. The largest absolute Gasteiger partial charge is 0.416 e. The molecule has 9 heteroatoms. The number of alkyl halides is 3. The van der Waals surface area contributed by atoms with E-state index in [9.17, 15) is 27.5 Å². The number of halogens is 4. The Labute approximate surface area is 129 Å². The van der Waals surface area contributed by atoms with E-state index in [0.717, 1.165) is 0 Å². The zero-order valence-electron chi connectivity index (χ0n) is 11.9. The third-order valence-corrected chi connectivity index (χ3v) is 3.54. The lowest BCUT2D eigenvalue weighted by atomic mass is 10.1. The summed E-state index contributed by atoms with van der Waals surface area (Å²) in [7, 11) is 0. The van der Waals surface area contributed by atoms with Gasteiger partial charge in [-0.2, -0.15) is 24.9 Å². The number of carbonyl (C=O) groups excluding carboxylic acids is 1. The standard InChI is InChI=1S/C13H16F4N2O2S/c1-12(21,7-22-2)6-18-11(20)19-10-5-8(13(15,16)17)3-4-9(10)14/h3-5,21H,6-7H2,1-2H3,(H2,18,19,20). The summed E-state index contributed by atoms with van der Waals surface area (Å²) in [5.41, 5.74) is -2.83. The van der Waals surface area contributed by atoms with Gasteiger partial charge in [0, 0.05) is 12.3 Å². The lowest BCUT2D eigenvalue weighted by Crippen LogP contribution is -2.44. The van der Waals surface area contributed by atoms with Gasteiger partial charge in [-0.1, -0.05) is 0 Å².